The number of hydrogen-bond donors (Lipinski definition) is 1. The minimum Gasteiger partial charge on any atom is -0.483 e. The van der Waals surface area contributed by atoms with Gasteiger partial charge in [0.05, 0.1) is 5.02 Å². The van der Waals surface area contributed by atoms with Crippen LogP contribution in [0.5, 0.6) is 5.75 Å². The van der Waals surface area contributed by atoms with Crippen LogP contribution in [0.25, 0.3) is 6.08 Å². The van der Waals surface area contributed by atoms with Gasteiger partial charge in [-0.1, -0.05) is 17.7 Å². The summed E-state index contributed by atoms with van der Waals surface area (Å²) in [5.41, 5.74) is 0.760. The van der Waals surface area contributed by atoms with Gasteiger partial charge in [0.25, 0.3) is 0 Å². The molecular formula is C14H10ClFO3S. The predicted octanol–water partition coefficient (Wildman–Crippen LogP) is 4.22. The predicted molar refractivity (Wildman–Crippen MR) is 76.7 cm³/mol. The minimum absolute atomic E-state index is 0.0187. The molecule has 1 N–H and O–H groups in total. The molecule has 0 aliphatic carbocycles. The van der Waals surface area contributed by atoms with Gasteiger partial charge in [-0.05, 0) is 35.2 Å². The Morgan fingerprint density at radius 2 is 2.30 bits per heavy atom. The van der Waals surface area contributed by atoms with Crippen LogP contribution in [-0.2, 0) is 11.4 Å². The first-order chi connectivity index (χ1) is 9.56. The maximum atomic E-state index is 13.5. The van der Waals surface area contributed by atoms with Crippen molar-refractivity contribution in [2.75, 3.05) is 0 Å². The van der Waals surface area contributed by atoms with E-state index < -0.39 is 11.8 Å². The van der Waals surface area contributed by atoms with Gasteiger partial charge in [-0.25, -0.2) is 9.18 Å². The third-order valence-corrected chi connectivity index (χ3v) is 3.60. The normalized spacial score (nSPS) is 10.9. The van der Waals surface area contributed by atoms with E-state index in [0.29, 0.717) is 0 Å². The molecule has 0 saturated carbocycles. The van der Waals surface area contributed by atoms with Crippen molar-refractivity contribution in [2.45, 2.75) is 6.61 Å². The zero-order valence-corrected chi connectivity index (χ0v) is 11.7. The van der Waals surface area contributed by atoms with Gasteiger partial charge in [0.15, 0.2) is 11.6 Å². The number of carbonyl (C=O) groups is 1. The van der Waals surface area contributed by atoms with Crippen molar-refractivity contribution >= 4 is 35.0 Å². The van der Waals surface area contributed by atoms with Gasteiger partial charge < -0.3 is 9.84 Å². The summed E-state index contributed by atoms with van der Waals surface area (Å²) in [5, 5.41) is 10.5. The number of para-hydroxylation sites is 1. The second kappa shape index (κ2) is 6.54. The number of ether oxygens (including phenoxy) is 1. The zero-order valence-electron chi connectivity index (χ0n) is 10.2. The highest BCUT2D eigenvalue weighted by molar-refractivity contribution is 7.10. The van der Waals surface area contributed by atoms with Gasteiger partial charge >= 0.3 is 5.97 Å². The zero-order chi connectivity index (χ0) is 14.5. The fourth-order valence-electron chi connectivity index (χ4n) is 1.49. The van der Waals surface area contributed by atoms with E-state index in [1.165, 1.54) is 29.5 Å². The van der Waals surface area contributed by atoms with E-state index >= 15 is 0 Å². The molecule has 0 unspecified atom stereocenters. The van der Waals surface area contributed by atoms with Crippen LogP contribution in [0.3, 0.4) is 0 Å². The number of carboxylic acids is 1. The highest BCUT2D eigenvalue weighted by atomic mass is 35.5. The van der Waals surface area contributed by atoms with Gasteiger partial charge in [0.2, 0.25) is 0 Å². The molecule has 2 aromatic rings. The Bertz CT molecular complexity index is 631. The summed E-state index contributed by atoms with van der Waals surface area (Å²) in [6.45, 7) is 0.173. The van der Waals surface area contributed by atoms with Gasteiger partial charge in [-0.3, -0.25) is 0 Å². The lowest BCUT2D eigenvalue weighted by Crippen LogP contribution is -1.96. The summed E-state index contributed by atoms with van der Waals surface area (Å²) in [4.78, 5) is 11.2. The van der Waals surface area contributed by atoms with Crippen molar-refractivity contribution in [1.29, 1.82) is 0 Å². The fourth-order valence-corrected chi connectivity index (χ4v) is 2.47. The van der Waals surface area contributed by atoms with E-state index in [2.05, 4.69) is 0 Å². The molecule has 0 fully saturated rings. The number of thiophene rings is 1. The summed E-state index contributed by atoms with van der Waals surface area (Å²) in [6.07, 6.45) is 2.54. The van der Waals surface area contributed by atoms with Crippen LogP contribution in [0.4, 0.5) is 4.39 Å². The largest absolute Gasteiger partial charge is 0.483 e. The maximum absolute atomic E-state index is 13.5. The van der Waals surface area contributed by atoms with Crippen LogP contribution in [-0.4, -0.2) is 11.1 Å². The lowest BCUT2D eigenvalue weighted by atomic mass is 10.3. The average Bonchev–Trinajstić information content (AvgIpc) is 2.84. The molecular weight excluding hydrogens is 303 g/mol. The molecule has 0 saturated heterocycles. The lowest BCUT2D eigenvalue weighted by Gasteiger charge is -2.07. The van der Waals surface area contributed by atoms with Crippen LogP contribution in [0.15, 0.2) is 35.7 Å². The molecule has 1 aromatic heterocycles. The van der Waals surface area contributed by atoms with Crippen molar-refractivity contribution in [3.05, 3.63) is 57.0 Å². The summed E-state index contributed by atoms with van der Waals surface area (Å²) in [5.74, 6) is -1.50. The highest BCUT2D eigenvalue weighted by Crippen LogP contribution is 2.28. The van der Waals surface area contributed by atoms with E-state index in [0.717, 1.165) is 16.5 Å². The van der Waals surface area contributed by atoms with Crippen molar-refractivity contribution in [1.82, 2.24) is 0 Å². The quantitative estimate of drug-likeness (QED) is 0.841. The Labute approximate surface area is 123 Å². The monoisotopic (exact) mass is 312 g/mol. The number of halogens is 2. The van der Waals surface area contributed by atoms with Gasteiger partial charge in [0.1, 0.15) is 6.61 Å². The smallest absolute Gasteiger partial charge is 0.328 e. The standard InChI is InChI=1S/C14H10ClFO3S/c15-11-2-1-3-12(16)14(11)19-7-10-6-9(8-20-10)4-5-13(17)18/h1-6,8H,7H2,(H,17,18)/b5-4+. The van der Waals surface area contributed by atoms with E-state index in [4.69, 9.17) is 21.4 Å². The second-order valence-corrected chi connectivity index (χ2v) is 5.26. The van der Waals surface area contributed by atoms with E-state index in [-0.39, 0.29) is 17.4 Å². The summed E-state index contributed by atoms with van der Waals surface area (Å²) in [6, 6.07) is 6.11. The first-order valence-electron chi connectivity index (χ1n) is 5.61. The molecule has 2 rings (SSSR count). The minimum atomic E-state index is -1.01. The molecule has 0 aliphatic rings. The number of benzene rings is 1. The lowest BCUT2D eigenvalue weighted by molar-refractivity contribution is -0.131. The molecule has 20 heavy (non-hydrogen) atoms. The van der Waals surface area contributed by atoms with Crippen LogP contribution < -0.4 is 4.74 Å². The first-order valence-corrected chi connectivity index (χ1v) is 6.87. The number of aliphatic carboxylic acids is 1. The third kappa shape index (κ3) is 3.82. The molecule has 104 valence electrons. The van der Waals surface area contributed by atoms with Crippen molar-refractivity contribution in [3.8, 4) is 5.75 Å². The molecule has 0 amide bonds. The Balaban J connectivity index is 2.03. The van der Waals surface area contributed by atoms with Crippen molar-refractivity contribution in [2.24, 2.45) is 0 Å². The number of rotatable bonds is 5. The van der Waals surface area contributed by atoms with Gasteiger partial charge in [-0.15, -0.1) is 11.3 Å². The van der Waals surface area contributed by atoms with Crippen LogP contribution in [0.1, 0.15) is 10.4 Å². The Kier molecular flexibility index (Phi) is 4.76. The highest BCUT2D eigenvalue weighted by Gasteiger charge is 2.08. The van der Waals surface area contributed by atoms with Gasteiger partial charge in [-0.2, -0.15) is 0 Å². The van der Waals surface area contributed by atoms with E-state index in [1.807, 2.05) is 0 Å². The third-order valence-electron chi connectivity index (χ3n) is 2.37. The van der Waals surface area contributed by atoms with Crippen LogP contribution in [0, 0.1) is 5.82 Å². The molecule has 0 atom stereocenters. The number of hydrogen-bond acceptors (Lipinski definition) is 3. The second-order valence-electron chi connectivity index (χ2n) is 3.86. The van der Waals surface area contributed by atoms with Crippen molar-refractivity contribution < 1.29 is 19.0 Å². The molecule has 6 heteroatoms. The van der Waals surface area contributed by atoms with Crippen LogP contribution in [0.2, 0.25) is 5.02 Å². The van der Waals surface area contributed by atoms with Crippen molar-refractivity contribution in [3.63, 3.8) is 0 Å². The fraction of sp³-hybridized carbons (Fsp3) is 0.0714. The molecule has 0 aliphatic heterocycles. The number of carboxylic acid groups (broad SMARTS) is 1. The van der Waals surface area contributed by atoms with Crippen LogP contribution >= 0.6 is 22.9 Å². The SMILES string of the molecule is O=C(O)/C=C/c1csc(COc2c(F)cccc2Cl)c1. The first kappa shape index (κ1) is 14.6. The summed E-state index contributed by atoms with van der Waals surface area (Å²) >= 11 is 7.24. The van der Waals surface area contributed by atoms with E-state index in [1.54, 1.807) is 17.5 Å². The molecule has 0 bridgehead atoms. The van der Waals surface area contributed by atoms with E-state index in [9.17, 15) is 9.18 Å². The molecule has 1 heterocycles. The Morgan fingerprint density at radius 3 is 3.00 bits per heavy atom. The molecule has 0 spiro atoms. The molecule has 1 aromatic carbocycles. The Hall–Kier alpha value is -1.85. The summed E-state index contributed by atoms with van der Waals surface area (Å²) in [7, 11) is 0. The summed E-state index contributed by atoms with van der Waals surface area (Å²) < 4.78 is 18.8. The van der Waals surface area contributed by atoms with Gasteiger partial charge in [0, 0.05) is 11.0 Å². The maximum Gasteiger partial charge on any atom is 0.328 e. The Morgan fingerprint density at radius 1 is 1.50 bits per heavy atom. The molecule has 3 nitrogen and oxygen atoms in total. The topological polar surface area (TPSA) is 46.5 Å². The average molecular weight is 313 g/mol. The molecule has 0 radical (unpaired) electrons.